The first-order chi connectivity index (χ1) is 13.3. The molecule has 2 amide bonds. The summed E-state index contributed by atoms with van der Waals surface area (Å²) in [7, 11) is 0. The van der Waals surface area contributed by atoms with Gasteiger partial charge in [-0.1, -0.05) is 20.8 Å². The maximum Gasteiger partial charge on any atom is 0.260 e. The largest absolute Gasteiger partial charge is 0.484 e. The number of hydrogen-bond donors (Lipinski definition) is 1. The minimum atomic E-state index is -0.860. The van der Waals surface area contributed by atoms with Crippen molar-refractivity contribution in [2.75, 3.05) is 31.6 Å². The summed E-state index contributed by atoms with van der Waals surface area (Å²) in [6, 6.07) is 7.09. The van der Waals surface area contributed by atoms with E-state index in [1.54, 1.807) is 24.3 Å². The second kappa shape index (κ2) is 10.5. The number of anilines is 1. The summed E-state index contributed by atoms with van der Waals surface area (Å²) in [6.45, 7) is 10.3. The van der Waals surface area contributed by atoms with Crippen LogP contribution in [0.25, 0.3) is 0 Å². The summed E-state index contributed by atoms with van der Waals surface area (Å²) in [6.07, 6.45) is 3.65. The number of rotatable bonds is 10. The molecule has 1 saturated heterocycles. The zero-order valence-corrected chi connectivity index (χ0v) is 17.6. The average molecular weight is 391 g/mol. The Morgan fingerprint density at radius 1 is 1.18 bits per heavy atom. The van der Waals surface area contributed by atoms with E-state index in [1.165, 1.54) is 0 Å². The van der Waals surface area contributed by atoms with Crippen LogP contribution < -0.4 is 10.1 Å². The van der Waals surface area contributed by atoms with Crippen molar-refractivity contribution in [2.45, 2.75) is 59.0 Å². The summed E-state index contributed by atoms with van der Waals surface area (Å²) < 4.78 is 11.5. The standard InChI is InChI=1S/C22H34N2O4/c1-5-14-28-22(4,15-17(2)3)21(26)23-18-8-10-19(11-9-18)27-16-20(25)24-12-6-7-13-24/h8-11,17H,5-7,12-16H2,1-4H3,(H,23,26)/t22-/m0/s1. The highest BCUT2D eigenvalue weighted by Crippen LogP contribution is 2.24. The number of likely N-dealkylation sites (tertiary alicyclic amines) is 1. The topological polar surface area (TPSA) is 67.9 Å². The van der Waals surface area contributed by atoms with Gasteiger partial charge in [0.05, 0.1) is 0 Å². The first-order valence-corrected chi connectivity index (χ1v) is 10.3. The second-order valence-corrected chi connectivity index (χ2v) is 8.03. The Morgan fingerprint density at radius 3 is 2.39 bits per heavy atom. The van der Waals surface area contributed by atoms with Gasteiger partial charge in [-0.25, -0.2) is 0 Å². The lowest BCUT2D eigenvalue weighted by atomic mass is 9.93. The molecule has 0 radical (unpaired) electrons. The molecule has 0 spiro atoms. The van der Waals surface area contributed by atoms with Crippen LogP contribution in [0, 0.1) is 5.92 Å². The van der Waals surface area contributed by atoms with Gasteiger partial charge in [0.2, 0.25) is 0 Å². The Hall–Kier alpha value is -2.08. The van der Waals surface area contributed by atoms with Gasteiger partial charge in [-0.2, -0.15) is 0 Å². The summed E-state index contributed by atoms with van der Waals surface area (Å²) in [5, 5.41) is 2.94. The third-order valence-electron chi connectivity index (χ3n) is 4.84. The summed E-state index contributed by atoms with van der Waals surface area (Å²) in [5.41, 5.74) is -0.181. The molecule has 1 N–H and O–H groups in total. The van der Waals surface area contributed by atoms with Gasteiger partial charge >= 0.3 is 0 Å². The van der Waals surface area contributed by atoms with Crippen LogP contribution in [-0.4, -0.2) is 48.6 Å². The first-order valence-electron chi connectivity index (χ1n) is 10.3. The van der Waals surface area contributed by atoms with Gasteiger partial charge in [-0.3, -0.25) is 9.59 Å². The lowest BCUT2D eigenvalue weighted by molar-refractivity contribution is -0.141. The smallest absolute Gasteiger partial charge is 0.260 e. The van der Waals surface area contributed by atoms with Gasteiger partial charge in [0.15, 0.2) is 6.61 Å². The van der Waals surface area contributed by atoms with Crippen LogP contribution in [0.2, 0.25) is 0 Å². The van der Waals surface area contributed by atoms with Crippen LogP contribution in [-0.2, 0) is 14.3 Å². The molecule has 2 rings (SSSR count). The highest BCUT2D eigenvalue weighted by atomic mass is 16.5. The lowest BCUT2D eigenvalue weighted by Gasteiger charge is -2.30. The van der Waals surface area contributed by atoms with E-state index in [-0.39, 0.29) is 18.4 Å². The fourth-order valence-electron chi connectivity index (χ4n) is 3.42. The Morgan fingerprint density at radius 2 is 1.82 bits per heavy atom. The Balaban J connectivity index is 1.90. The minimum absolute atomic E-state index is 0.0207. The van der Waals surface area contributed by atoms with E-state index in [4.69, 9.17) is 9.47 Å². The molecular weight excluding hydrogens is 356 g/mol. The van der Waals surface area contributed by atoms with E-state index in [9.17, 15) is 9.59 Å². The van der Waals surface area contributed by atoms with Crippen LogP contribution >= 0.6 is 0 Å². The van der Waals surface area contributed by atoms with Gasteiger partial charge < -0.3 is 19.7 Å². The van der Waals surface area contributed by atoms with Crippen molar-refractivity contribution < 1.29 is 19.1 Å². The van der Waals surface area contributed by atoms with Crippen molar-refractivity contribution in [3.63, 3.8) is 0 Å². The molecule has 1 aliphatic rings. The van der Waals surface area contributed by atoms with Crippen LogP contribution in [0.3, 0.4) is 0 Å². The van der Waals surface area contributed by atoms with Crippen molar-refractivity contribution >= 4 is 17.5 Å². The molecule has 0 unspecified atom stereocenters. The number of carbonyl (C=O) groups is 2. The van der Waals surface area contributed by atoms with E-state index < -0.39 is 5.60 Å². The molecule has 1 fully saturated rings. The zero-order valence-electron chi connectivity index (χ0n) is 17.6. The quantitative estimate of drug-likeness (QED) is 0.659. The van der Waals surface area contributed by atoms with Crippen LogP contribution in [0.15, 0.2) is 24.3 Å². The minimum Gasteiger partial charge on any atom is -0.484 e. The lowest BCUT2D eigenvalue weighted by Crippen LogP contribution is -2.44. The fourth-order valence-corrected chi connectivity index (χ4v) is 3.42. The van der Waals surface area contributed by atoms with Gasteiger partial charge in [-0.15, -0.1) is 0 Å². The third-order valence-corrected chi connectivity index (χ3v) is 4.84. The molecule has 1 aromatic carbocycles. The maximum absolute atomic E-state index is 12.8. The number of benzene rings is 1. The highest BCUT2D eigenvalue weighted by Gasteiger charge is 2.34. The molecule has 0 saturated carbocycles. The van der Waals surface area contributed by atoms with Crippen LogP contribution in [0.4, 0.5) is 5.69 Å². The Labute approximate surface area is 168 Å². The van der Waals surface area contributed by atoms with Crippen LogP contribution in [0.1, 0.15) is 53.4 Å². The molecule has 1 aliphatic heterocycles. The fraction of sp³-hybridized carbons (Fsp3) is 0.636. The van der Waals surface area contributed by atoms with Crippen LogP contribution in [0.5, 0.6) is 5.75 Å². The number of amides is 2. The molecule has 156 valence electrons. The average Bonchev–Trinajstić information content (AvgIpc) is 3.20. The van der Waals surface area contributed by atoms with E-state index in [2.05, 4.69) is 19.2 Å². The number of nitrogens with zero attached hydrogens (tertiary/aromatic N) is 1. The van der Waals surface area contributed by atoms with E-state index in [0.717, 1.165) is 32.4 Å². The summed E-state index contributed by atoms with van der Waals surface area (Å²) >= 11 is 0. The van der Waals surface area contributed by atoms with Gasteiger partial charge in [0.1, 0.15) is 11.4 Å². The molecule has 6 heteroatoms. The number of ether oxygens (including phenoxy) is 2. The number of nitrogens with one attached hydrogen (secondary N) is 1. The molecule has 0 bridgehead atoms. The molecule has 28 heavy (non-hydrogen) atoms. The van der Waals surface area contributed by atoms with E-state index in [0.29, 0.717) is 30.4 Å². The maximum atomic E-state index is 12.8. The van der Waals surface area contributed by atoms with Crippen molar-refractivity contribution in [3.05, 3.63) is 24.3 Å². The summed E-state index contributed by atoms with van der Waals surface area (Å²) in [4.78, 5) is 26.7. The Kier molecular flexibility index (Phi) is 8.30. The van der Waals surface area contributed by atoms with Gasteiger partial charge in [-0.05, 0) is 62.8 Å². The predicted molar refractivity (Wildman–Crippen MR) is 110 cm³/mol. The van der Waals surface area contributed by atoms with Crippen molar-refractivity contribution in [3.8, 4) is 5.75 Å². The Bertz CT molecular complexity index is 638. The molecule has 1 heterocycles. The zero-order chi connectivity index (χ0) is 20.6. The molecule has 1 aromatic rings. The molecule has 6 nitrogen and oxygen atoms in total. The molecule has 1 atom stereocenters. The molecule has 0 aliphatic carbocycles. The molecule has 0 aromatic heterocycles. The van der Waals surface area contributed by atoms with E-state index in [1.807, 2.05) is 18.7 Å². The van der Waals surface area contributed by atoms with Gasteiger partial charge in [0, 0.05) is 25.4 Å². The van der Waals surface area contributed by atoms with Crippen molar-refractivity contribution in [1.82, 2.24) is 4.90 Å². The third kappa shape index (κ3) is 6.51. The highest BCUT2D eigenvalue weighted by molar-refractivity contribution is 5.97. The normalized spacial score (nSPS) is 16.1. The van der Waals surface area contributed by atoms with Gasteiger partial charge in [0.25, 0.3) is 11.8 Å². The SMILES string of the molecule is CCCO[C@@](C)(CC(C)C)C(=O)Nc1ccc(OCC(=O)N2CCCC2)cc1. The first kappa shape index (κ1) is 22.2. The monoisotopic (exact) mass is 390 g/mol. The predicted octanol–water partition coefficient (Wildman–Crippen LogP) is 3.86. The van der Waals surface area contributed by atoms with Crippen molar-refractivity contribution in [1.29, 1.82) is 0 Å². The van der Waals surface area contributed by atoms with Crippen molar-refractivity contribution in [2.24, 2.45) is 5.92 Å². The molecular formula is C22H34N2O4. The number of hydrogen-bond acceptors (Lipinski definition) is 4. The van der Waals surface area contributed by atoms with E-state index >= 15 is 0 Å². The second-order valence-electron chi connectivity index (χ2n) is 8.03. The number of carbonyl (C=O) groups excluding carboxylic acids is 2. The summed E-state index contributed by atoms with van der Waals surface area (Å²) in [5.74, 6) is 0.828.